The fraction of sp³-hybridized carbons (Fsp3) is 0.118. The highest BCUT2D eigenvalue weighted by atomic mass is 35.5. The van der Waals surface area contributed by atoms with Crippen molar-refractivity contribution >= 4 is 41.0 Å². The fourth-order valence-corrected chi connectivity index (χ4v) is 2.00. The van der Waals surface area contributed by atoms with Crippen LogP contribution in [-0.4, -0.2) is 32.1 Å². The molecule has 2 amide bonds. The first-order valence-corrected chi connectivity index (χ1v) is 7.51. The number of hydrogen-bond donors (Lipinski definition) is 2. The number of carbonyl (C=O) groups excluding carboxylic acids is 2. The van der Waals surface area contributed by atoms with Gasteiger partial charge in [-0.05, 0) is 29.8 Å². The first kappa shape index (κ1) is 17.5. The van der Waals surface area contributed by atoms with Gasteiger partial charge in [-0.25, -0.2) is 5.43 Å². The molecule has 2 aromatic rings. The van der Waals surface area contributed by atoms with Crippen LogP contribution in [0.2, 0.25) is 5.02 Å². The summed E-state index contributed by atoms with van der Waals surface area (Å²) >= 11 is 5.91. The van der Waals surface area contributed by atoms with Crippen LogP contribution < -0.4 is 15.6 Å². The molecule has 0 atom stereocenters. The van der Waals surface area contributed by atoms with E-state index >= 15 is 0 Å². The highest BCUT2D eigenvalue weighted by Crippen LogP contribution is 2.20. The highest BCUT2D eigenvalue weighted by Gasteiger charge is 2.13. The number of hydrogen-bond acceptors (Lipinski definition) is 4. The van der Waals surface area contributed by atoms with Gasteiger partial charge in [0.15, 0.2) is 0 Å². The number of benzene rings is 2. The molecule has 7 heteroatoms. The van der Waals surface area contributed by atoms with Crippen molar-refractivity contribution in [2.45, 2.75) is 0 Å². The summed E-state index contributed by atoms with van der Waals surface area (Å²) in [6.45, 7) is 0. The van der Waals surface area contributed by atoms with Crippen molar-refractivity contribution in [2.75, 3.05) is 24.3 Å². The van der Waals surface area contributed by atoms with Crippen LogP contribution in [0.4, 0.5) is 11.4 Å². The number of anilines is 2. The summed E-state index contributed by atoms with van der Waals surface area (Å²) in [7, 11) is 3.89. The third-order valence-corrected chi connectivity index (χ3v) is 3.45. The third kappa shape index (κ3) is 4.82. The van der Waals surface area contributed by atoms with Gasteiger partial charge in [-0.15, -0.1) is 0 Å². The van der Waals surface area contributed by atoms with Crippen LogP contribution >= 0.6 is 11.6 Å². The van der Waals surface area contributed by atoms with Crippen LogP contribution in [0.1, 0.15) is 5.56 Å². The molecular formula is C17H17ClN4O2. The van der Waals surface area contributed by atoms with Gasteiger partial charge in [0.05, 0.1) is 16.9 Å². The van der Waals surface area contributed by atoms with E-state index in [1.165, 1.54) is 6.21 Å². The number of hydrazone groups is 1. The molecule has 0 unspecified atom stereocenters. The van der Waals surface area contributed by atoms with Gasteiger partial charge in [-0.2, -0.15) is 5.10 Å². The minimum absolute atomic E-state index is 0.350. The predicted molar refractivity (Wildman–Crippen MR) is 96.6 cm³/mol. The number of nitrogens with zero attached hydrogens (tertiary/aromatic N) is 2. The number of rotatable bonds is 4. The topological polar surface area (TPSA) is 73.8 Å². The van der Waals surface area contributed by atoms with Crippen molar-refractivity contribution in [3.8, 4) is 0 Å². The lowest BCUT2D eigenvalue weighted by atomic mass is 10.2. The molecule has 24 heavy (non-hydrogen) atoms. The molecule has 2 N–H and O–H groups in total. The Kier molecular flexibility index (Phi) is 5.92. The largest absolute Gasteiger partial charge is 0.378 e. The summed E-state index contributed by atoms with van der Waals surface area (Å²) in [5.74, 6) is -1.72. The van der Waals surface area contributed by atoms with Crippen LogP contribution in [0.15, 0.2) is 53.6 Å². The van der Waals surface area contributed by atoms with Crippen molar-refractivity contribution in [1.29, 1.82) is 0 Å². The van der Waals surface area contributed by atoms with Gasteiger partial charge in [0, 0.05) is 19.8 Å². The summed E-state index contributed by atoms with van der Waals surface area (Å²) in [4.78, 5) is 25.4. The maximum absolute atomic E-state index is 11.8. The number of para-hydroxylation sites is 1. The zero-order chi connectivity index (χ0) is 17.5. The molecule has 0 saturated carbocycles. The molecule has 0 spiro atoms. The molecule has 6 nitrogen and oxygen atoms in total. The van der Waals surface area contributed by atoms with Crippen molar-refractivity contribution in [3.63, 3.8) is 0 Å². The highest BCUT2D eigenvalue weighted by molar-refractivity contribution is 6.41. The molecule has 124 valence electrons. The summed E-state index contributed by atoms with van der Waals surface area (Å²) in [5, 5.41) is 6.54. The number of carbonyl (C=O) groups is 2. The Hall–Kier alpha value is -2.86. The average Bonchev–Trinajstić information content (AvgIpc) is 2.57. The molecule has 2 aromatic carbocycles. The quantitative estimate of drug-likeness (QED) is 0.508. The predicted octanol–water partition coefficient (Wildman–Crippen LogP) is 2.49. The smallest absolute Gasteiger partial charge is 0.329 e. The van der Waals surface area contributed by atoms with E-state index in [4.69, 9.17) is 11.6 Å². The maximum Gasteiger partial charge on any atom is 0.329 e. The lowest BCUT2D eigenvalue weighted by Gasteiger charge is -2.11. The van der Waals surface area contributed by atoms with Crippen LogP contribution in [0, 0.1) is 0 Å². The average molecular weight is 345 g/mol. The van der Waals surface area contributed by atoms with E-state index < -0.39 is 11.8 Å². The Morgan fingerprint density at radius 3 is 2.33 bits per heavy atom. The molecule has 0 aromatic heterocycles. The molecule has 0 aliphatic heterocycles. The number of amides is 2. The first-order chi connectivity index (χ1) is 11.5. The van der Waals surface area contributed by atoms with E-state index in [2.05, 4.69) is 15.8 Å². The lowest BCUT2D eigenvalue weighted by molar-refractivity contribution is -0.136. The fourth-order valence-electron chi connectivity index (χ4n) is 1.82. The normalized spacial score (nSPS) is 10.5. The van der Waals surface area contributed by atoms with Crippen molar-refractivity contribution < 1.29 is 9.59 Å². The van der Waals surface area contributed by atoms with Crippen LogP contribution in [-0.2, 0) is 9.59 Å². The zero-order valence-corrected chi connectivity index (χ0v) is 14.0. The minimum atomic E-state index is -0.879. The summed E-state index contributed by atoms with van der Waals surface area (Å²) in [6, 6.07) is 14.2. The Bertz CT molecular complexity index is 757. The molecule has 0 aliphatic rings. The van der Waals surface area contributed by atoms with Crippen molar-refractivity contribution in [3.05, 3.63) is 59.1 Å². The zero-order valence-electron chi connectivity index (χ0n) is 13.3. The first-order valence-electron chi connectivity index (χ1n) is 7.13. The number of halogens is 1. The molecule has 0 fully saturated rings. The van der Waals surface area contributed by atoms with E-state index in [9.17, 15) is 9.59 Å². The molecule has 0 saturated heterocycles. The Labute approximate surface area is 145 Å². The minimum Gasteiger partial charge on any atom is -0.378 e. The summed E-state index contributed by atoms with van der Waals surface area (Å²) in [5.41, 5.74) is 4.39. The van der Waals surface area contributed by atoms with Crippen LogP contribution in [0.5, 0.6) is 0 Å². The van der Waals surface area contributed by atoms with Gasteiger partial charge >= 0.3 is 11.8 Å². The second kappa shape index (κ2) is 8.12. The van der Waals surface area contributed by atoms with E-state index in [1.807, 2.05) is 43.3 Å². The molecule has 2 rings (SSSR count). The van der Waals surface area contributed by atoms with Crippen molar-refractivity contribution in [2.24, 2.45) is 5.10 Å². The van der Waals surface area contributed by atoms with Gasteiger partial charge in [0.25, 0.3) is 0 Å². The second-order valence-corrected chi connectivity index (χ2v) is 5.53. The molecule has 0 heterocycles. The van der Waals surface area contributed by atoms with E-state index in [0.29, 0.717) is 10.7 Å². The second-order valence-electron chi connectivity index (χ2n) is 5.12. The Morgan fingerprint density at radius 1 is 1.04 bits per heavy atom. The Balaban J connectivity index is 1.90. The third-order valence-electron chi connectivity index (χ3n) is 3.12. The van der Waals surface area contributed by atoms with E-state index in [0.717, 1.165) is 11.3 Å². The summed E-state index contributed by atoms with van der Waals surface area (Å²) in [6.07, 6.45) is 1.46. The molecular weight excluding hydrogens is 328 g/mol. The van der Waals surface area contributed by atoms with Gasteiger partial charge in [0.1, 0.15) is 0 Å². The van der Waals surface area contributed by atoms with Gasteiger partial charge in [0.2, 0.25) is 0 Å². The van der Waals surface area contributed by atoms with Gasteiger partial charge in [-0.1, -0.05) is 35.9 Å². The Morgan fingerprint density at radius 2 is 1.71 bits per heavy atom. The molecule has 0 bridgehead atoms. The summed E-state index contributed by atoms with van der Waals surface area (Å²) < 4.78 is 0. The van der Waals surface area contributed by atoms with Gasteiger partial charge < -0.3 is 10.2 Å². The monoisotopic (exact) mass is 344 g/mol. The number of nitrogens with one attached hydrogen (secondary N) is 2. The standard InChI is InChI=1S/C17H17ClN4O2/c1-22(2)13-9-7-12(8-10-13)11-19-21-17(24)16(23)20-15-6-4-3-5-14(15)18/h3-11H,1-2H3,(H,20,23)(H,21,24)/b19-11-. The van der Waals surface area contributed by atoms with Crippen LogP contribution in [0.3, 0.4) is 0 Å². The molecule has 0 radical (unpaired) electrons. The van der Waals surface area contributed by atoms with E-state index in [1.54, 1.807) is 24.3 Å². The maximum atomic E-state index is 11.8. The van der Waals surface area contributed by atoms with Crippen LogP contribution in [0.25, 0.3) is 0 Å². The lowest BCUT2D eigenvalue weighted by Crippen LogP contribution is -2.32. The SMILES string of the molecule is CN(C)c1ccc(/C=N\NC(=O)C(=O)Nc2ccccc2Cl)cc1. The van der Waals surface area contributed by atoms with Crippen molar-refractivity contribution in [1.82, 2.24) is 5.43 Å². The molecule has 0 aliphatic carbocycles. The van der Waals surface area contributed by atoms with E-state index in [-0.39, 0.29) is 0 Å². The van der Waals surface area contributed by atoms with Gasteiger partial charge in [-0.3, -0.25) is 9.59 Å².